The molecule has 2 aliphatic rings. The van der Waals surface area contributed by atoms with Gasteiger partial charge in [0.05, 0.1) is 22.2 Å². The fraction of sp³-hybridized carbons (Fsp3) is 0.500. The Morgan fingerprint density at radius 2 is 1.04 bits per heavy atom. The number of nitrogens with zero attached hydrogens (tertiary/aromatic N) is 2. The van der Waals surface area contributed by atoms with Crippen LogP contribution < -0.4 is 9.47 Å². The lowest BCUT2D eigenvalue weighted by Gasteiger charge is -2.36. The molecule has 6 rings (SSSR count). The van der Waals surface area contributed by atoms with E-state index < -0.39 is 12.3 Å². The number of hydrogen-bond acceptors (Lipinski definition) is 8. The molecule has 2 aromatic heterocycles. The third kappa shape index (κ3) is 7.27. The van der Waals surface area contributed by atoms with Gasteiger partial charge in [-0.2, -0.15) is 0 Å². The van der Waals surface area contributed by atoms with Gasteiger partial charge in [-0.25, -0.2) is 9.59 Å². The Labute approximate surface area is 283 Å². The molecule has 4 aromatic rings. The van der Waals surface area contributed by atoms with Crippen LogP contribution in [0.15, 0.2) is 60.9 Å². The molecule has 0 saturated heterocycles. The van der Waals surface area contributed by atoms with Gasteiger partial charge < -0.3 is 18.9 Å². The fourth-order valence-electron chi connectivity index (χ4n) is 7.88. The van der Waals surface area contributed by atoms with Crippen molar-refractivity contribution in [2.24, 2.45) is 35.5 Å². The van der Waals surface area contributed by atoms with Crippen LogP contribution in [0.3, 0.4) is 0 Å². The summed E-state index contributed by atoms with van der Waals surface area (Å²) in [5, 5.41) is 1.65. The van der Waals surface area contributed by atoms with E-state index in [-0.39, 0.29) is 35.5 Å². The lowest BCUT2D eigenvalue weighted by atomic mass is 9.75. The molecule has 2 heterocycles. The van der Waals surface area contributed by atoms with Crippen molar-refractivity contribution in [3.05, 3.63) is 60.9 Å². The zero-order chi connectivity index (χ0) is 33.9. The van der Waals surface area contributed by atoms with Crippen molar-refractivity contribution < 1.29 is 28.5 Å². The van der Waals surface area contributed by atoms with Gasteiger partial charge in [0.15, 0.2) is 0 Å². The predicted molar refractivity (Wildman–Crippen MR) is 187 cm³/mol. The van der Waals surface area contributed by atoms with Crippen LogP contribution in [-0.2, 0) is 9.47 Å². The summed E-state index contributed by atoms with van der Waals surface area (Å²) in [5.74, 6) is 2.71. The number of carbonyl (C=O) groups excluding carboxylic acids is 2. The van der Waals surface area contributed by atoms with Crippen LogP contribution in [0.5, 0.6) is 11.5 Å². The number of pyridine rings is 2. The van der Waals surface area contributed by atoms with Crippen LogP contribution in [-0.4, -0.2) is 34.5 Å². The molecular formula is C40H48N2O6. The highest BCUT2D eigenvalue weighted by atomic mass is 16.7. The summed E-state index contributed by atoms with van der Waals surface area (Å²) in [6.45, 7) is 13.1. The Balaban J connectivity index is 1.39. The molecule has 0 unspecified atom stereocenters. The molecule has 48 heavy (non-hydrogen) atoms. The summed E-state index contributed by atoms with van der Waals surface area (Å²) >= 11 is 0. The lowest BCUT2D eigenvalue weighted by Crippen LogP contribution is -2.36. The molecule has 0 amide bonds. The molecular weight excluding hydrogens is 604 g/mol. The fourth-order valence-corrected chi connectivity index (χ4v) is 7.88. The first-order chi connectivity index (χ1) is 23.1. The lowest BCUT2D eigenvalue weighted by molar-refractivity contribution is -0.0145. The second kappa shape index (κ2) is 14.5. The molecule has 0 radical (unpaired) electrons. The highest BCUT2D eigenvalue weighted by molar-refractivity contribution is 6.07. The maximum absolute atomic E-state index is 13.5. The van der Waals surface area contributed by atoms with E-state index in [9.17, 15) is 9.59 Å². The van der Waals surface area contributed by atoms with Gasteiger partial charge in [-0.1, -0.05) is 66.5 Å². The monoisotopic (exact) mass is 652 g/mol. The summed E-state index contributed by atoms with van der Waals surface area (Å²) in [4.78, 5) is 36.5. The number of carbonyl (C=O) groups is 2. The Bertz CT molecular complexity index is 1640. The summed E-state index contributed by atoms with van der Waals surface area (Å²) in [7, 11) is 0. The van der Waals surface area contributed by atoms with E-state index in [4.69, 9.17) is 28.9 Å². The smallest absolute Gasteiger partial charge is 0.430 e. The van der Waals surface area contributed by atoms with Gasteiger partial charge in [0.2, 0.25) is 0 Å². The zero-order valence-electron chi connectivity index (χ0n) is 29.0. The highest BCUT2D eigenvalue weighted by Crippen LogP contribution is 2.45. The molecule has 0 spiro atoms. The number of hydrogen-bond donors (Lipinski definition) is 0. The molecule has 8 nitrogen and oxygen atoms in total. The second-order valence-electron chi connectivity index (χ2n) is 14.7. The quantitative estimate of drug-likeness (QED) is 0.144. The van der Waals surface area contributed by atoms with E-state index in [1.54, 1.807) is 24.5 Å². The number of benzene rings is 2. The van der Waals surface area contributed by atoms with Gasteiger partial charge in [-0.3, -0.25) is 9.97 Å². The van der Waals surface area contributed by atoms with Gasteiger partial charge >= 0.3 is 12.3 Å². The first kappa shape index (κ1) is 33.7. The minimum atomic E-state index is -0.766. The minimum absolute atomic E-state index is 0.228. The predicted octanol–water partition coefficient (Wildman–Crippen LogP) is 10.4. The van der Waals surface area contributed by atoms with Gasteiger partial charge in [-0.15, -0.1) is 0 Å². The van der Waals surface area contributed by atoms with E-state index >= 15 is 0 Å². The van der Waals surface area contributed by atoms with Gasteiger partial charge in [0, 0.05) is 23.2 Å². The Morgan fingerprint density at radius 3 is 1.44 bits per heavy atom. The van der Waals surface area contributed by atoms with Crippen molar-refractivity contribution in [3.63, 3.8) is 0 Å². The first-order valence-electron chi connectivity index (χ1n) is 17.6. The SMILES string of the molecule is CC(C)[C@H]1CC[C@H](C)C[C@@H]1OC(=O)Oc1ccc2cccnc2c1-c1c(OC(=O)O[C@H]2C[C@@H](C)CC[C@@H]2C(C)C)ccc2cccnc12. The molecule has 6 atom stereocenters. The van der Waals surface area contributed by atoms with Crippen LogP contribution >= 0.6 is 0 Å². The number of fused-ring (bicyclic) bond motifs is 2. The van der Waals surface area contributed by atoms with Gasteiger partial charge in [0.25, 0.3) is 0 Å². The van der Waals surface area contributed by atoms with Crippen LogP contribution in [0, 0.1) is 35.5 Å². The summed E-state index contributed by atoms with van der Waals surface area (Å²) in [6.07, 6.45) is 7.25. The normalized spacial score (nSPS) is 24.5. The Morgan fingerprint density at radius 1 is 0.625 bits per heavy atom. The second-order valence-corrected chi connectivity index (χ2v) is 14.7. The minimum Gasteiger partial charge on any atom is -0.430 e. The average Bonchev–Trinajstić information content (AvgIpc) is 3.04. The van der Waals surface area contributed by atoms with E-state index in [0.717, 1.165) is 49.3 Å². The maximum atomic E-state index is 13.5. The maximum Gasteiger partial charge on any atom is 0.514 e. The summed E-state index contributed by atoms with van der Waals surface area (Å²) in [5.41, 5.74) is 2.12. The van der Waals surface area contributed by atoms with Crippen molar-refractivity contribution in [3.8, 4) is 22.6 Å². The van der Waals surface area contributed by atoms with Crippen LogP contribution in [0.4, 0.5) is 9.59 Å². The molecule has 2 aliphatic carbocycles. The van der Waals surface area contributed by atoms with Gasteiger partial charge in [-0.05, 0) is 97.6 Å². The van der Waals surface area contributed by atoms with Crippen LogP contribution in [0.1, 0.15) is 80.1 Å². The van der Waals surface area contributed by atoms with Crippen LogP contribution in [0.2, 0.25) is 0 Å². The Hall–Kier alpha value is -4.20. The van der Waals surface area contributed by atoms with E-state index in [1.807, 2.05) is 36.4 Å². The van der Waals surface area contributed by atoms with Gasteiger partial charge in [0.1, 0.15) is 23.7 Å². The van der Waals surface area contributed by atoms with Crippen molar-refractivity contribution in [2.45, 2.75) is 92.3 Å². The zero-order valence-corrected chi connectivity index (χ0v) is 29.0. The van der Waals surface area contributed by atoms with Crippen molar-refractivity contribution >= 4 is 34.1 Å². The summed E-state index contributed by atoms with van der Waals surface area (Å²) in [6, 6.07) is 14.8. The molecule has 0 bridgehead atoms. The highest BCUT2D eigenvalue weighted by Gasteiger charge is 2.36. The van der Waals surface area contributed by atoms with Crippen molar-refractivity contribution in [1.29, 1.82) is 0 Å². The summed E-state index contributed by atoms with van der Waals surface area (Å²) < 4.78 is 24.2. The van der Waals surface area contributed by atoms with Crippen molar-refractivity contribution in [1.82, 2.24) is 9.97 Å². The molecule has 2 saturated carbocycles. The first-order valence-corrected chi connectivity index (χ1v) is 17.6. The van der Waals surface area contributed by atoms with Crippen LogP contribution in [0.25, 0.3) is 32.9 Å². The van der Waals surface area contributed by atoms with E-state index in [2.05, 4.69) is 41.5 Å². The molecule has 8 heteroatoms. The molecule has 254 valence electrons. The number of rotatable bonds is 7. The van der Waals surface area contributed by atoms with Crippen molar-refractivity contribution in [2.75, 3.05) is 0 Å². The molecule has 0 N–H and O–H groups in total. The standard InChI is InChI=1S/C40H48N2O6/c1-23(2)29-15-11-25(5)21-33(29)47-39(43)45-31-17-13-27-9-7-19-41-37(27)35(31)36-32(18-14-28-10-8-20-42-38(28)36)46-40(44)48-34-22-26(6)12-16-30(34)24(3)4/h7-10,13-14,17-20,23-26,29-30,33-34H,11-12,15-16,21-22H2,1-6H3/t25-,26-,29+,30+,33-,34-/m0/s1. The molecule has 0 aliphatic heterocycles. The number of aromatic nitrogens is 2. The molecule has 2 fully saturated rings. The van der Waals surface area contributed by atoms with E-state index in [0.29, 0.717) is 45.8 Å². The third-order valence-electron chi connectivity index (χ3n) is 10.5. The third-order valence-corrected chi connectivity index (χ3v) is 10.5. The number of ether oxygens (including phenoxy) is 4. The topological polar surface area (TPSA) is 96.8 Å². The average molecular weight is 653 g/mol. The van der Waals surface area contributed by atoms with E-state index in [1.165, 1.54) is 0 Å². The Kier molecular flexibility index (Phi) is 10.2. The largest absolute Gasteiger partial charge is 0.514 e. The molecule has 2 aromatic carbocycles.